The SMILES string of the molecule is O=C(O)CN1C(c2nc3ccccc3n(C3CC4CCCCC3CN4C3CC4CCCC(C4)C3)c2=O)=CC=CC1O. The zero-order valence-electron chi connectivity index (χ0n) is 23.8. The average molecular weight is 559 g/mol. The fraction of sp³-hybridized carbons (Fsp3) is 0.606. The van der Waals surface area contributed by atoms with Crippen molar-refractivity contribution in [1.82, 2.24) is 19.4 Å². The van der Waals surface area contributed by atoms with Gasteiger partial charge in [-0.15, -0.1) is 0 Å². The molecule has 6 unspecified atom stereocenters. The minimum absolute atomic E-state index is 0.0661. The number of aliphatic hydroxyl groups is 1. The lowest BCUT2D eigenvalue weighted by atomic mass is 9.68. The molecule has 218 valence electrons. The Kier molecular flexibility index (Phi) is 7.23. The topological polar surface area (TPSA) is 98.9 Å². The Morgan fingerprint density at radius 2 is 1.73 bits per heavy atom. The van der Waals surface area contributed by atoms with Crippen molar-refractivity contribution < 1.29 is 15.0 Å². The highest BCUT2D eigenvalue weighted by Crippen LogP contribution is 2.46. The van der Waals surface area contributed by atoms with E-state index in [2.05, 4.69) is 4.90 Å². The van der Waals surface area contributed by atoms with Crippen LogP contribution in [-0.2, 0) is 4.79 Å². The van der Waals surface area contributed by atoms with Gasteiger partial charge in [0.2, 0.25) is 0 Å². The Morgan fingerprint density at radius 3 is 2.54 bits per heavy atom. The van der Waals surface area contributed by atoms with Gasteiger partial charge in [-0.25, -0.2) is 4.98 Å². The van der Waals surface area contributed by atoms with E-state index in [4.69, 9.17) is 4.98 Å². The van der Waals surface area contributed by atoms with Gasteiger partial charge in [0, 0.05) is 24.7 Å². The van der Waals surface area contributed by atoms with E-state index < -0.39 is 18.7 Å². The maximum Gasteiger partial charge on any atom is 0.323 e. The van der Waals surface area contributed by atoms with Gasteiger partial charge in [0.05, 0.1) is 16.7 Å². The molecule has 4 bridgehead atoms. The Balaban J connectivity index is 1.28. The van der Waals surface area contributed by atoms with Gasteiger partial charge in [0.25, 0.3) is 5.56 Å². The minimum Gasteiger partial charge on any atom is -0.480 e. The highest BCUT2D eigenvalue weighted by atomic mass is 16.4. The second-order valence-electron chi connectivity index (χ2n) is 13.2. The van der Waals surface area contributed by atoms with Gasteiger partial charge < -0.3 is 19.7 Å². The third kappa shape index (κ3) is 5.03. The number of piperidine rings is 1. The second-order valence-corrected chi connectivity index (χ2v) is 13.2. The molecule has 2 saturated heterocycles. The maximum absolute atomic E-state index is 14.5. The van der Waals surface area contributed by atoms with Gasteiger partial charge >= 0.3 is 5.97 Å². The molecule has 0 spiro atoms. The van der Waals surface area contributed by atoms with Crippen LogP contribution in [0.15, 0.2) is 47.3 Å². The Bertz CT molecular complexity index is 1420. The Labute approximate surface area is 241 Å². The lowest BCUT2D eigenvalue weighted by Gasteiger charge is -2.53. The molecule has 6 aliphatic rings. The van der Waals surface area contributed by atoms with Gasteiger partial charge in [-0.05, 0) is 80.6 Å². The van der Waals surface area contributed by atoms with Crippen LogP contribution in [0.5, 0.6) is 0 Å². The van der Waals surface area contributed by atoms with Crippen LogP contribution in [0.4, 0.5) is 0 Å². The summed E-state index contributed by atoms with van der Waals surface area (Å²) in [7, 11) is 0. The highest BCUT2D eigenvalue weighted by Gasteiger charge is 2.44. The first-order chi connectivity index (χ1) is 20.0. The number of benzene rings is 1. The normalized spacial score (nSPS) is 33.8. The number of fused-ring (bicyclic) bond motifs is 8. The van der Waals surface area contributed by atoms with Crippen LogP contribution in [0.1, 0.15) is 82.4 Å². The van der Waals surface area contributed by atoms with Gasteiger partial charge in [0.15, 0.2) is 5.69 Å². The molecule has 4 heterocycles. The van der Waals surface area contributed by atoms with Crippen molar-refractivity contribution in [2.24, 2.45) is 17.8 Å². The monoisotopic (exact) mass is 558 g/mol. The molecule has 3 aliphatic heterocycles. The maximum atomic E-state index is 14.5. The molecule has 8 nitrogen and oxygen atoms in total. The van der Waals surface area contributed by atoms with Crippen LogP contribution in [-0.4, -0.2) is 66.9 Å². The van der Waals surface area contributed by atoms with Crippen LogP contribution < -0.4 is 5.56 Å². The van der Waals surface area contributed by atoms with Crippen molar-refractivity contribution >= 4 is 22.7 Å². The Morgan fingerprint density at radius 1 is 0.951 bits per heavy atom. The van der Waals surface area contributed by atoms with Crippen molar-refractivity contribution in [2.45, 2.75) is 95.0 Å². The molecule has 8 heteroatoms. The minimum atomic E-state index is -1.13. The molecular weight excluding hydrogens is 516 g/mol. The lowest BCUT2D eigenvalue weighted by Crippen LogP contribution is -2.56. The molecule has 41 heavy (non-hydrogen) atoms. The molecule has 0 radical (unpaired) electrons. The summed E-state index contributed by atoms with van der Waals surface area (Å²) in [5.41, 5.74) is 1.94. The van der Waals surface area contributed by atoms with E-state index in [0.29, 0.717) is 23.7 Å². The number of aliphatic hydroxyl groups excluding tert-OH is 1. The van der Waals surface area contributed by atoms with E-state index in [-0.39, 0.29) is 17.3 Å². The fourth-order valence-electron chi connectivity index (χ4n) is 9.01. The van der Waals surface area contributed by atoms with Crippen molar-refractivity contribution in [3.63, 3.8) is 0 Å². The first kappa shape index (κ1) is 26.9. The summed E-state index contributed by atoms with van der Waals surface area (Å²) >= 11 is 0. The van der Waals surface area contributed by atoms with E-state index in [1.165, 1.54) is 68.8 Å². The molecule has 2 N–H and O–H groups in total. The molecule has 0 amide bonds. The number of allylic oxidation sites excluding steroid dienone is 2. The number of rotatable bonds is 5. The van der Waals surface area contributed by atoms with Gasteiger partial charge in [-0.3, -0.25) is 14.5 Å². The van der Waals surface area contributed by atoms with Crippen LogP contribution in [0.25, 0.3) is 16.7 Å². The first-order valence-electron chi connectivity index (χ1n) is 15.8. The number of aromatic nitrogens is 2. The average Bonchev–Trinajstić information content (AvgIpc) is 2.94. The van der Waals surface area contributed by atoms with E-state index in [9.17, 15) is 19.8 Å². The molecule has 1 aromatic heterocycles. The summed E-state index contributed by atoms with van der Waals surface area (Å²) in [5.74, 6) is 1.09. The number of nitrogens with zero attached hydrogens (tertiary/aromatic N) is 4. The van der Waals surface area contributed by atoms with Crippen molar-refractivity contribution in [2.75, 3.05) is 13.1 Å². The smallest absolute Gasteiger partial charge is 0.323 e. The number of carboxylic acid groups (broad SMARTS) is 1. The molecular formula is C33H42N4O4. The quantitative estimate of drug-likeness (QED) is 0.545. The third-order valence-corrected chi connectivity index (χ3v) is 10.7. The zero-order chi connectivity index (χ0) is 28.1. The van der Waals surface area contributed by atoms with Crippen molar-refractivity contribution in [1.29, 1.82) is 0 Å². The summed E-state index contributed by atoms with van der Waals surface area (Å²) in [6.07, 6.45) is 17.8. The van der Waals surface area contributed by atoms with E-state index in [0.717, 1.165) is 42.3 Å². The highest BCUT2D eigenvalue weighted by molar-refractivity contribution is 5.79. The first-order valence-corrected chi connectivity index (χ1v) is 15.8. The molecule has 1 aromatic carbocycles. The van der Waals surface area contributed by atoms with Gasteiger partial charge in [0.1, 0.15) is 12.8 Å². The van der Waals surface area contributed by atoms with Crippen LogP contribution in [0.2, 0.25) is 0 Å². The largest absolute Gasteiger partial charge is 0.480 e. The number of carbonyl (C=O) groups is 1. The number of hydrogen-bond donors (Lipinski definition) is 2. The molecule has 5 fully saturated rings. The second kappa shape index (κ2) is 11.0. The standard InChI is InChI=1S/C33H42N4O4/c38-30-14-6-13-28(36(30)20-31(39)40)32-33(41)37(27-12-4-3-11-26(27)34-32)29-18-24-10-2-1-9-23(29)19-35(24)25-16-21-7-5-8-22(15-21)17-25/h3-4,6,11-14,21-25,29-30,38H,1-2,5,7-10,15-20H2,(H,39,40). The number of para-hydroxylation sites is 2. The molecule has 3 aliphatic carbocycles. The summed E-state index contributed by atoms with van der Waals surface area (Å²) < 4.78 is 2.00. The van der Waals surface area contributed by atoms with E-state index >= 15 is 0 Å². The van der Waals surface area contributed by atoms with Crippen LogP contribution in [0.3, 0.4) is 0 Å². The van der Waals surface area contributed by atoms with Gasteiger partial charge in [-0.2, -0.15) is 0 Å². The molecule has 2 aromatic rings. The summed E-state index contributed by atoms with van der Waals surface area (Å²) in [5, 5.41) is 20.2. The molecule has 8 rings (SSSR count). The molecule has 6 atom stereocenters. The number of hydrogen-bond acceptors (Lipinski definition) is 6. The predicted octanol–water partition coefficient (Wildman–Crippen LogP) is 4.79. The van der Waals surface area contributed by atoms with Crippen molar-refractivity contribution in [3.8, 4) is 0 Å². The fourth-order valence-corrected chi connectivity index (χ4v) is 9.01. The summed E-state index contributed by atoms with van der Waals surface area (Å²) in [6.45, 7) is 0.630. The van der Waals surface area contributed by atoms with Crippen molar-refractivity contribution in [3.05, 3.63) is 58.5 Å². The van der Waals surface area contributed by atoms with Crippen LogP contribution >= 0.6 is 0 Å². The lowest BCUT2D eigenvalue weighted by molar-refractivity contribution is -0.139. The Hall–Kier alpha value is -2.97. The zero-order valence-corrected chi connectivity index (χ0v) is 23.8. The van der Waals surface area contributed by atoms with Crippen LogP contribution in [0, 0.1) is 17.8 Å². The summed E-state index contributed by atoms with van der Waals surface area (Å²) in [6, 6.07) is 9.05. The number of carboxylic acids is 1. The molecule has 3 saturated carbocycles. The summed E-state index contributed by atoms with van der Waals surface area (Å²) in [4.78, 5) is 35.1. The van der Waals surface area contributed by atoms with E-state index in [1.807, 2.05) is 28.8 Å². The predicted molar refractivity (Wildman–Crippen MR) is 158 cm³/mol. The number of aliphatic carboxylic acids is 1. The van der Waals surface area contributed by atoms with E-state index in [1.54, 1.807) is 12.2 Å². The van der Waals surface area contributed by atoms with Gasteiger partial charge in [-0.1, -0.05) is 50.3 Å². The third-order valence-electron chi connectivity index (χ3n) is 10.7.